The maximum Gasteiger partial charge on any atom is 0.264 e. The quantitative estimate of drug-likeness (QED) is 0.467. The van der Waals surface area contributed by atoms with E-state index in [9.17, 15) is 4.79 Å². The molecule has 4 aromatic rings. The first-order chi connectivity index (χ1) is 13.2. The SMILES string of the molecule is O=C(COc1ccc2ccccc2c1Br)Nc1nnc(-c2ccccc2)s1. The molecule has 1 amide bonds. The summed E-state index contributed by atoms with van der Waals surface area (Å²) < 4.78 is 6.50. The van der Waals surface area contributed by atoms with Crippen molar-refractivity contribution in [2.24, 2.45) is 0 Å². The van der Waals surface area contributed by atoms with E-state index >= 15 is 0 Å². The van der Waals surface area contributed by atoms with Crippen LogP contribution in [0.15, 0.2) is 71.2 Å². The standard InChI is InChI=1S/C20H14BrN3O2S/c21-18-15-9-5-4-6-13(15)10-11-16(18)26-12-17(25)22-20-24-23-19(27-20)14-7-2-1-3-8-14/h1-11H,12H2,(H,22,24,25). The first kappa shape index (κ1) is 17.6. The topological polar surface area (TPSA) is 64.1 Å². The van der Waals surface area contributed by atoms with Crippen molar-refractivity contribution in [1.29, 1.82) is 0 Å². The molecule has 0 saturated heterocycles. The zero-order valence-electron chi connectivity index (χ0n) is 14.1. The fourth-order valence-electron chi connectivity index (χ4n) is 2.59. The van der Waals surface area contributed by atoms with Crippen LogP contribution in [-0.4, -0.2) is 22.7 Å². The van der Waals surface area contributed by atoms with Gasteiger partial charge in [-0.1, -0.05) is 72.0 Å². The minimum Gasteiger partial charge on any atom is -0.483 e. The van der Waals surface area contributed by atoms with Gasteiger partial charge in [0.05, 0.1) is 4.47 Å². The van der Waals surface area contributed by atoms with Crippen molar-refractivity contribution in [3.05, 3.63) is 71.2 Å². The Hall–Kier alpha value is -2.77. The molecule has 0 spiro atoms. The van der Waals surface area contributed by atoms with Crippen LogP contribution in [0, 0.1) is 0 Å². The fourth-order valence-corrected chi connectivity index (χ4v) is 3.97. The molecule has 3 aromatic carbocycles. The van der Waals surface area contributed by atoms with Crippen LogP contribution in [0.4, 0.5) is 5.13 Å². The number of halogens is 1. The average Bonchev–Trinajstić information content (AvgIpc) is 3.17. The summed E-state index contributed by atoms with van der Waals surface area (Å²) >= 11 is 4.87. The molecule has 27 heavy (non-hydrogen) atoms. The number of ether oxygens (including phenoxy) is 1. The highest BCUT2D eigenvalue weighted by Gasteiger charge is 2.12. The normalized spacial score (nSPS) is 10.7. The van der Waals surface area contributed by atoms with Gasteiger partial charge in [0, 0.05) is 5.56 Å². The number of nitrogens with zero attached hydrogens (tertiary/aromatic N) is 2. The van der Waals surface area contributed by atoms with E-state index in [2.05, 4.69) is 31.4 Å². The third-order valence-corrected chi connectivity index (χ3v) is 5.58. The van der Waals surface area contributed by atoms with Gasteiger partial charge in [-0.3, -0.25) is 10.1 Å². The number of benzene rings is 3. The molecule has 0 aliphatic heterocycles. The third-order valence-electron chi connectivity index (χ3n) is 3.88. The van der Waals surface area contributed by atoms with E-state index in [1.807, 2.05) is 66.7 Å². The lowest BCUT2D eigenvalue weighted by Gasteiger charge is -2.09. The van der Waals surface area contributed by atoms with Crippen LogP contribution >= 0.6 is 27.3 Å². The lowest BCUT2D eigenvalue weighted by atomic mass is 10.1. The maximum absolute atomic E-state index is 12.2. The van der Waals surface area contributed by atoms with E-state index < -0.39 is 0 Å². The van der Waals surface area contributed by atoms with Crippen LogP contribution in [0.1, 0.15) is 0 Å². The molecule has 1 N–H and O–H groups in total. The van der Waals surface area contributed by atoms with Crippen LogP contribution < -0.4 is 10.1 Å². The zero-order valence-corrected chi connectivity index (χ0v) is 16.5. The van der Waals surface area contributed by atoms with Crippen LogP contribution in [0.5, 0.6) is 5.75 Å². The molecule has 134 valence electrons. The first-order valence-corrected chi connectivity index (χ1v) is 9.80. The van der Waals surface area contributed by atoms with Crippen LogP contribution in [-0.2, 0) is 4.79 Å². The second-order valence-electron chi connectivity index (χ2n) is 5.71. The highest BCUT2D eigenvalue weighted by molar-refractivity contribution is 9.10. The number of carbonyl (C=O) groups is 1. The maximum atomic E-state index is 12.2. The van der Waals surface area contributed by atoms with Crippen molar-refractivity contribution in [3.63, 3.8) is 0 Å². The van der Waals surface area contributed by atoms with Crippen molar-refractivity contribution in [1.82, 2.24) is 10.2 Å². The Bertz CT molecular complexity index is 1100. The Labute approximate surface area is 168 Å². The number of carbonyl (C=O) groups excluding carboxylic acids is 1. The van der Waals surface area contributed by atoms with Crippen LogP contribution in [0.2, 0.25) is 0 Å². The lowest BCUT2D eigenvalue weighted by molar-refractivity contribution is -0.118. The molecule has 0 fully saturated rings. The smallest absolute Gasteiger partial charge is 0.264 e. The molecule has 1 heterocycles. The van der Waals surface area contributed by atoms with E-state index in [-0.39, 0.29) is 12.5 Å². The van der Waals surface area contributed by atoms with E-state index in [0.717, 1.165) is 25.8 Å². The number of amides is 1. The summed E-state index contributed by atoms with van der Waals surface area (Å²) in [7, 11) is 0. The molecule has 0 atom stereocenters. The number of hydrogen-bond donors (Lipinski definition) is 1. The molecule has 0 aliphatic rings. The summed E-state index contributed by atoms with van der Waals surface area (Å²) in [5.74, 6) is 0.330. The molecule has 0 aliphatic carbocycles. The summed E-state index contributed by atoms with van der Waals surface area (Å²) in [4.78, 5) is 12.2. The van der Waals surface area contributed by atoms with Gasteiger partial charge in [0.25, 0.3) is 5.91 Å². The lowest BCUT2D eigenvalue weighted by Crippen LogP contribution is -2.20. The second kappa shape index (κ2) is 7.85. The number of aromatic nitrogens is 2. The van der Waals surface area contributed by atoms with Crippen molar-refractivity contribution < 1.29 is 9.53 Å². The van der Waals surface area contributed by atoms with Crippen molar-refractivity contribution >= 4 is 49.1 Å². The predicted octanol–water partition coefficient (Wildman–Crippen LogP) is 5.14. The molecular formula is C20H14BrN3O2S. The number of hydrogen-bond acceptors (Lipinski definition) is 5. The van der Waals surface area contributed by atoms with Gasteiger partial charge in [0.2, 0.25) is 5.13 Å². The summed E-state index contributed by atoms with van der Waals surface area (Å²) in [6.45, 7) is -0.114. The molecule has 4 rings (SSSR count). The van der Waals surface area contributed by atoms with Gasteiger partial charge in [0.1, 0.15) is 10.8 Å². The minimum atomic E-state index is -0.286. The van der Waals surface area contributed by atoms with Gasteiger partial charge in [0.15, 0.2) is 6.61 Å². The molecule has 0 bridgehead atoms. The van der Waals surface area contributed by atoms with E-state index in [4.69, 9.17) is 4.74 Å². The highest BCUT2D eigenvalue weighted by Crippen LogP contribution is 2.33. The van der Waals surface area contributed by atoms with Crippen molar-refractivity contribution in [2.45, 2.75) is 0 Å². The van der Waals surface area contributed by atoms with Gasteiger partial charge in [-0.05, 0) is 32.8 Å². The Kier molecular flexibility index (Phi) is 5.13. The van der Waals surface area contributed by atoms with Gasteiger partial charge >= 0.3 is 0 Å². The van der Waals surface area contributed by atoms with E-state index in [1.165, 1.54) is 11.3 Å². The number of nitrogens with one attached hydrogen (secondary N) is 1. The number of anilines is 1. The first-order valence-electron chi connectivity index (χ1n) is 8.19. The monoisotopic (exact) mass is 439 g/mol. The average molecular weight is 440 g/mol. The molecule has 0 saturated carbocycles. The Morgan fingerprint density at radius 1 is 1.00 bits per heavy atom. The summed E-state index contributed by atoms with van der Waals surface area (Å²) in [5.41, 5.74) is 0.965. The van der Waals surface area contributed by atoms with Crippen molar-refractivity contribution in [2.75, 3.05) is 11.9 Å². The summed E-state index contributed by atoms with van der Waals surface area (Å²) in [6.07, 6.45) is 0. The van der Waals surface area contributed by atoms with Crippen LogP contribution in [0.3, 0.4) is 0 Å². The molecule has 0 radical (unpaired) electrons. The van der Waals surface area contributed by atoms with Gasteiger partial charge in [-0.15, -0.1) is 10.2 Å². The van der Waals surface area contributed by atoms with E-state index in [1.54, 1.807) is 0 Å². The molecule has 0 unspecified atom stereocenters. The molecule has 1 aromatic heterocycles. The minimum absolute atomic E-state index is 0.114. The molecular weight excluding hydrogens is 426 g/mol. The fraction of sp³-hybridized carbons (Fsp3) is 0.0500. The number of fused-ring (bicyclic) bond motifs is 1. The van der Waals surface area contributed by atoms with E-state index in [0.29, 0.717) is 10.9 Å². The van der Waals surface area contributed by atoms with Gasteiger partial charge in [-0.2, -0.15) is 0 Å². The highest BCUT2D eigenvalue weighted by atomic mass is 79.9. The molecule has 7 heteroatoms. The second-order valence-corrected chi connectivity index (χ2v) is 7.48. The Balaban J connectivity index is 1.40. The van der Waals surface area contributed by atoms with Crippen molar-refractivity contribution in [3.8, 4) is 16.3 Å². The third kappa shape index (κ3) is 3.99. The van der Waals surface area contributed by atoms with Crippen LogP contribution in [0.25, 0.3) is 21.3 Å². The van der Waals surface area contributed by atoms with Gasteiger partial charge < -0.3 is 4.74 Å². The number of rotatable bonds is 5. The summed E-state index contributed by atoms with van der Waals surface area (Å²) in [5, 5.41) is 14.2. The Morgan fingerprint density at radius 2 is 1.78 bits per heavy atom. The van der Waals surface area contributed by atoms with Gasteiger partial charge in [-0.25, -0.2) is 0 Å². The largest absolute Gasteiger partial charge is 0.483 e. The summed E-state index contributed by atoms with van der Waals surface area (Å²) in [6, 6.07) is 21.5. The molecule has 5 nitrogen and oxygen atoms in total. The zero-order chi connectivity index (χ0) is 18.6. The predicted molar refractivity (Wildman–Crippen MR) is 111 cm³/mol. The Morgan fingerprint density at radius 3 is 2.63 bits per heavy atom.